The Morgan fingerprint density at radius 3 is 2.83 bits per heavy atom. The molecule has 0 fully saturated rings. The Kier molecular flexibility index (Phi) is 5.70. The molecule has 1 aromatic rings. The number of rotatable bonds is 5. The van der Waals surface area contributed by atoms with Crippen LogP contribution in [0.1, 0.15) is 5.56 Å². The Morgan fingerprint density at radius 2 is 2.28 bits per heavy atom. The lowest BCUT2D eigenvalue weighted by molar-refractivity contribution is 0.386. The molecule has 18 heavy (non-hydrogen) atoms. The van der Waals surface area contributed by atoms with Gasteiger partial charge in [-0.05, 0) is 17.7 Å². The maximum Gasteiger partial charge on any atom is 0.191 e. The molecule has 2 N–H and O–H groups in total. The molecule has 0 heterocycles. The molecule has 1 rings (SSSR count). The summed E-state index contributed by atoms with van der Waals surface area (Å²) in [6.07, 6.45) is 1.74. The average molecular weight is 251 g/mol. The van der Waals surface area contributed by atoms with Gasteiger partial charge in [-0.1, -0.05) is 12.1 Å². The third kappa shape index (κ3) is 4.08. The van der Waals surface area contributed by atoms with Crippen LogP contribution in [0.15, 0.2) is 35.8 Å². The minimum absolute atomic E-state index is 0.243. The van der Waals surface area contributed by atoms with Crippen LogP contribution in [0.5, 0.6) is 5.75 Å². The second-order valence-electron chi connectivity index (χ2n) is 3.56. The van der Waals surface area contributed by atoms with Gasteiger partial charge in [0.05, 0.1) is 7.11 Å². The first-order valence-corrected chi connectivity index (χ1v) is 5.59. The van der Waals surface area contributed by atoms with Crippen LogP contribution in [-0.4, -0.2) is 26.7 Å². The molecule has 0 saturated carbocycles. The maximum atomic E-state index is 13.4. The van der Waals surface area contributed by atoms with Crippen molar-refractivity contribution in [1.29, 1.82) is 0 Å². The van der Waals surface area contributed by atoms with E-state index in [4.69, 9.17) is 4.74 Å². The highest BCUT2D eigenvalue weighted by Crippen LogP contribution is 2.17. The summed E-state index contributed by atoms with van der Waals surface area (Å²) >= 11 is 0. The summed E-state index contributed by atoms with van der Waals surface area (Å²) in [4.78, 5) is 4.02. The first-order chi connectivity index (χ1) is 8.71. The number of ether oxygens (including phenoxy) is 1. The summed E-state index contributed by atoms with van der Waals surface area (Å²) in [5.41, 5.74) is 0.815. The topological polar surface area (TPSA) is 45.7 Å². The van der Waals surface area contributed by atoms with Crippen LogP contribution in [0.3, 0.4) is 0 Å². The SMILES string of the molecule is C=CCNC(=NC)NCc1ccc(OC)c(F)c1. The fourth-order valence-corrected chi connectivity index (χ4v) is 1.40. The largest absolute Gasteiger partial charge is 0.494 e. The van der Waals surface area contributed by atoms with E-state index >= 15 is 0 Å². The molecule has 0 aliphatic heterocycles. The molecule has 0 unspecified atom stereocenters. The number of halogens is 1. The summed E-state index contributed by atoms with van der Waals surface area (Å²) < 4.78 is 18.3. The van der Waals surface area contributed by atoms with Crippen molar-refractivity contribution in [1.82, 2.24) is 10.6 Å². The van der Waals surface area contributed by atoms with E-state index in [0.29, 0.717) is 19.0 Å². The molecule has 0 amide bonds. The van der Waals surface area contributed by atoms with E-state index in [0.717, 1.165) is 5.56 Å². The number of nitrogens with one attached hydrogen (secondary N) is 2. The second kappa shape index (κ2) is 7.32. The van der Waals surface area contributed by atoms with Crippen LogP contribution >= 0.6 is 0 Å². The number of guanidine groups is 1. The number of benzene rings is 1. The molecular weight excluding hydrogens is 233 g/mol. The third-order valence-corrected chi connectivity index (χ3v) is 2.31. The van der Waals surface area contributed by atoms with Gasteiger partial charge in [-0.15, -0.1) is 6.58 Å². The number of nitrogens with zero attached hydrogens (tertiary/aromatic N) is 1. The Morgan fingerprint density at radius 1 is 1.50 bits per heavy atom. The quantitative estimate of drug-likeness (QED) is 0.475. The molecule has 0 radical (unpaired) electrons. The number of methoxy groups -OCH3 is 1. The first kappa shape index (κ1) is 14.0. The van der Waals surface area contributed by atoms with Crippen molar-refractivity contribution in [3.05, 3.63) is 42.2 Å². The summed E-state index contributed by atoms with van der Waals surface area (Å²) in [6, 6.07) is 4.84. The van der Waals surface area contributed by atoms with Crippen molar-refractivity contribution in [3.8, 4) is 5.75 Å². The van der Waals surface area contributed by atoms with E-state index in [-0.39, 0.29) is 11.6 Å². The predicted molar refractivity (Wildman–Crippen MR) is 71.4 cm³/mol. The van der Waals surface area contributed by atoms with Gasteiger partial charge in [0.2, 0.25) is 0 Å². The summed E-state index contributed by atoms with van der Waals surface area (Å²) in [5.74, 6) is 0.518. The van der Waals surface area contributed by atoms with Gasteiger partial charge in [-0.3, -0.25) is 4.99 Å². The average Bonchev–Trinajstić information content (AvgIpc) is 2.39. The van der Waals surface area contributed by atoms with Gasteiger partial charge in [0.1, 0.15) is 0 Å². The normalized spacial score (nSPS) is 10.9. The predicted octanol–water partition coefficient (Wildman–Crippen LogP) is 1.69. The molecule has 0 saturated heterocycles. The lowest BCUT2D eigenvalue weighted by Gasteiger charge is -2.11. The minimum Gasteiger partial charge on any atom is -0.494 e. The Labute approximate surface area is 107 Å². The van der Waals surface area contributed by atoms with Crippen LogP contribution < -0.4 is 15.4 Å². The summed E-state index contributed by atoms with van der Waals surface area (Å²) in [5, 5.41) is 6.10. The summed E-state index contributed by atoms with van der Waals surface area (Å²) in [6.45, 7) is 4.71. The smallest absolute Gasteiger partial charge is 0.191 e. The third-order valence-electron chi connectivity index (χ3n) is 2.31. The lowest BCUT2D eigenvalue weighted by atomic mass is 10.2. The molecule has 0 spiro atoms. The molecule has 4 nitrogen and oxygen atoms in total. The molecule has 5 heteroatoms. The number of hydrogen-bond acceptors (Lipinski definition) is 2. The van der Waals surface area contributed by atoms with Crippen molar-refractivity contribution >= 4 is 5.96 Å². The zero-order valence-corrected chi connectivity index (χ0v) is 10.7. The van der Waals surface area contributed by atoms with E-state index in [1.807, 2.05) is 0 Å². The van der Waals surface area contributed by atoms with E-state index in [1.165, 1.54) is 13.2 Å². The van der Waals surface area contributed by atoms with Crippen LogP contribution in [-0.2, 0) is 6.54 Å². The molecule has 1 aromatic carbocycles. The standard InChI is InChI=1S/C13H18FN3O/c1-4-7-16-13(15-2)17-9-10-5-6-12(18-3)11(14)8-10/h4-6,8H,1,7,9H2,2-3H3,(H2,15,16,17). The van der Waals surface area contributed by atoms with Crippen LogP contribution in [0.25, 0.3) is 0 Å². The zero-order valence-electron chi connectivity index (χ0n) is 10.7. The Balaban J connectivity index is 2.57. The lowest BCUT2D eigenvalue weighted by Crippen LogP contribution is -2.36. The van der Waals surface area contributed by atoms with Gasteiger partial charge in [-0.2, -0.15) is 0 Å². The van der Waals surface area contributed by atoms with E-state index in [9.17, 15) is 4.39 Å². The van der Waals surface area contributed by atoms with Crippen LogP contribution in [0.4, 0.5) is 4.39 Å². The maximum absolute atomic E-state index is 13.4. The minimum atomic E-state index is -0.370. The van der Waals surface area contributed by atoms with Crippen LogP contribution in [0, 0.1) is 5.82 Å². The Bertz CT molecular complexity index is 432. The van der Waals surface area contributed by atoms with Crippen molar-refractivity contribution < 1.29 is 9.13 Å². The first-order valence-electron chi connectivity index (χ1n) is 5.59. The number of aliphatic imine (C=N–C) groups is 1. The highest BCUT2D eigenvalue weighted by molar-refractivity contribution is 5.79. The molecule has 0 aliphatic carbocycles. The molecule has 0 aromatic heterocycles. The van der Waals surface area contributed by atoms with Gasteiger partial charge in [0.25, 0.3) is 0 Å². The molecule has 0 aliphatic rings. The van der Waals surface area contributed by atoms with E-state index < -0.39 is 0 Å². The molecule has 0 bridgehead atoms. The van der Waals surface area contributed by atoms with Crippen molar-refractivity contribution in [3.63, 3.8) is 0 Å². The van der Waals surface area contributed by atoms with E-state index in [2.05, 4.69) is 22.2 Å². The Hall–Kier alpha value is -2.04. The van der Waals surface area contributed by atoms with Crippen molar-refractivity contribution in [2.45, 2.75) is 6.54 Å². The van der Waals surface area contributed by atoms with Gasteiger partial charge in [0.15, 0.2) is 17.5 Å². The van der Waals surface area contributed by atoms with Crippen LogP contribution in [0.2, 0.25) is 0 Å². The summed E-state index contributed by atoms with van der Waals surface area (Å²) in [7, 11) is 3.12. The second-order valence-corrected chi connectivity index (χ2v) is 3.56. The molecule has 0 atom stereocenters. The van der Waals surface area contributed by atoms with Gasteiger partial charge in [-0.25, -0.2) is 4.39 Å². The fourth-order valence-electron chi connectivity index (χ4n) is 1.40. The zero-order chi connectivity index (χ0) is 13.4. The van der Waals surface area contributed by atoms with Gasteiger partial charge >= 0.3 is 0 Å². The highest BCUT2D eigenvalue weighted by atomic mass is 19.1. The van der Waals surface area contributed by atoms with Gasteiger partial charge in [0, 0.05) is 20.1 Å². The van der Waals surface area contributed by atoms with E-state index in [1.54, 1.807) is 25.3 Å². The molecular formula is C13H18FN3O. The van der Waals surface area contributed by atoms with Crippen molar-refractivity contribution in [2.24, 2.45) is 4.99 Å². The van der Waals surface area contributed by atoms with Gasteiger partial charge < -0.3 is 15.4 Å². The monoisotopic (exact) mass is 251 g/mol. The fraction of sp³-hybridized carbons (Fsp3) is 0.308. The highest BCUT2D eigenvalue weighted by Gasteiger charge is 2.03. The molecule has 98 valence electrons. The van der Waals surface area contributed by atoms with Crippen molar-refractivity contribution in [2.75, 3.05) is 20.7 Å². The number of hydrogen-bond donors (Lipinski definition) is 2.